The lowest BCUT2D eigenvalue weighted by molar-refractivity contribution is 0.563. The first-order valence-corrected chi connectivity index (χ1v) is 4.27. The predicted octanol–water partition coefficient (Wildman–Crippen LogP) is 3.41. The Morgan fingerprint density at radius 2 is 1.92 bits per heavy atom. The zero-order valence-electron chi connectivity index (χ0n) is 6.63. The molecule has 0 heterocycles. The number of hydrogen-bond donors (Lipinski definition) is 0. The maximum absolute atomic E-state index is 11.7. The summed E-state index contributed by atoms with van der Waals surface area (Å²) in [6.07, 6.45) is 3.23. The van der Waals surface area contributed by atoms with Gasteiger partial charge in [0, 0.05) is 5.88 Å². The van der Waals surface area contributed by atoms with Gasteiger partial charge in [-0.15, -0.1) is 11.6 Å². The molecule has 0 aliphatic carbocycles. The summed E-state index contributed by atoms with van der Waals surface area (Å²) >= 11 is 5.61. The molecule has 0 bridgehead atoms. The standard InChI is InChI=1S/C10H10ClF/c11-8-10-5-3-9(4-6-10)2-1-7-12/h1-6H,7-8H2/b2-1+. The van der Waals surface area contributed by atoms with E-state index in [4.69, 9.17) is 11.6 Å². The fraction of sp³-hybridized carbons (Fsp3) is 0.200. The van der Waals surface area contributed by atoms with Gasteiger partial charge < -0.3 is 0 Å². The molecule has 0 radical (unpaired) electrons. The van der Waals surface area contributed by atoms with Crippen molar-refractivity contribution in [1.82, 2.24) is 0 Å². The van der Waals surface area contributed by atoms with Crippen LogP contribution in [0.3, 0.4) is 0 Å². The summed E-state index contributed by atoms with van der Waals surface area (Å²) < 4.78 is 11.7. The Kier molecular flexibility index (Phi) is 3.81. The van der Waals surface area contributed by atoms with E-state index in [0.717, 1.165) is 11.1 Å². The highest BCUT2D eigenvalue weighted by molar-refractivity contribution is 6.17. The highest BCUT2D eigenvalue weighted by atomic mass is 35.5. The van der Waals surface area contributed by atoms with E-state index in [1.165, 1.54) is 6.08 Å². The molecule has 0 saturated carbocycles. The fourth-order valence-electron chi connectivity index (χ4n) is 0.898. The SMILES string of the molecule is FC/C=C/c1ccc(CCl)cc1. The van der Waals surface area contributed by atoms with Crippen LogP contribution in [0.1, 0.15) is 11.1 Å². The van der Waals surface area contributed by atoms with Gasteiger partial charge in [-0.25, -0.2) is 4.39 Å². The van der Waals surface area contributed by atoms with Crippen molar-refractivity contribution in [3.05, 3.63) is 41.5 Å². The lowest BCUT2D eigenvalue weighted by Crippen LogP contribution is -1.77. The topological polar surface area (TPSA) is 0 Å². The van der Waals surface area contributed by atoms with Crippen LogP contribution in [-0.4, -0.2) is 6.67 Å². The highest BCUT2D eigenvalue weighted by Crippen LogP contribution is 2.07. The minimum Gasteiger partial charge on any atom is -0.247 e. The zero-order valence-corrected chi connectivity index (χ0v) is 7.39. The third kappa shape index (κ3) is 2.67. The van der Waals surface area contributed by atoms with Crippen molar-refractivity contribution in [3.8, 4) is 0 Å². The molecular weight excluding hydrogens is 175 g/mol. The number of hydrogen-bond acceptors (Lipinski definition) is 0. The third-order valence-corrected chi connectivity index (χ3v) is 1.84. The molecule has 0 fully saturated rings. The molecule has 1 rings (SSSR count). The summed E-state index contributed by atoms with van der Waals surface area (Å²) in [6.45, 7) is -0.419. The Bertz CT molecular complexity index is 251. The van der Waals surface area contributed by atoms with E-state index >= 15 is 0 Å². The van der Waals surface area contributed by atoms with E-state index in [-0.39, 0.29) is 0 Å². The minimum atomic E-state index is -0.419. The monoisotopic (exact) mass is 184 g/mol. The van der Waals surface area contributed by atoms with E-state index in [9.17, 15) is 4.39 Å². The minimum absolute atomic E-state index is 0.419. The van der Waals surface area contributed by atoms with Gasteiger partial charge in [-0.1, -0.05) is 36.4 Å². The van der Waals surface area contributed by atoms with Crippen LogP contribution >= 0.6 is 11.6 Å². The number of benzene rings is 1. The van der Waals surface area contributed by atoms with Crippen LogP contribution < -0.4 is 0 Å². The van der Waals surface area contributed by atoms with E-state index in [2.05, 4.69) is 0 Å². The van der Waals surface area contributed by atoms with Gasteiger partial charge in [0.1, 0.15) is 6.67 Å². The normalized spacial score (nSPS) is 10.8. The molecule has 0 aliphatic rings. The largest absolute Gasteiger partial charge is 0.247 e. The van der Waals surface area contributed by atoms with Crippen molar-refractivity contribution in [3.63, 3.8) is 0 Å². The second kappa shape index (κ2) is 4.94. The van der Waals surface area contributed by atoms with Gasteiger partial charge >= 0.3 is 0 Å². The summed E-state index contributed by atoms with van der Waals surface area (Å²) in [4.78, 5) is 0. The van der Waals surface area contributed by atoms with Crippen molar-refractivity contribution in [1.29, 1.82) is 0 Å². The van der Waals surface area contributed by atoms with Gasteiger partial charge in [-0.3, -0.25) is 0 Å². The van der Waals surface area contributed by atoms with Crippen molar-refractivity contribution in [2.24, 2.45) is 0 Å². The molecule has 0 saturated heterocycles. The fourth-order valence-corrected chi connectivity index (χ4v) is 1.08. The van der Waals surface area contributed by atoms with Gasteiger partial charge in [-0.05, 0) is 11.1 Å². The van der Waals surface area contributed by atoms with Crippen LogP contribution in [0.2, 0.25) is 0 Å². The maximum Gasteiger partial charge on any atom is 0.108 e. The average Bonchev–Trinajstić information content (AvgIpc) is 2.15. The predicted molar refractivity (Wildman–Crippen MR) is 51.0 cm³/mol. The molecule has 2 heteroatoms. The average molecular weight is 185 g/mol. The third-order valence-electron chi connectivity index (χ3n) is 1.53. The maximum atomic E-state index is 11.7. The van der Waals surface area contributed by atoms with Crippen molar-refractivity contribution >= 4 is 17.7 Å². The summed E-state index contributed by atoms with van der Waals surface area (Å²) in [7, 11) is 0. The number of rotatable bonds is 3. The molecule has 0 aliphatic heterocycles. The molecule has 1 aromatic carbocycles. The van der Waals surface area contributed by atoms with E-state index < -0.39 is 6.67 Å². The van der Waals surface area contributed by atoms with Crippen LogP contribution in [-0.2, 0) is 5.88 Å². The molecule has 64 valence electrons. The van der Waals surface area contributed by atoms with Crippen molar-refractivity contribution < 1.29 is 4.39 Å². The van der Waals surface area contributed by atoms with Crippen LogP contribution in [0.5, 0.6) is 0 Å². The first-order chi connectivity index (χ1) is 5.86. The number of allylic oxidation sites excluding steroid dienone is 1. The van der Waals surface area contributed by atoms with Crippen molar-refractivity contribution in [2.75, 3.05) is 6.67 Å². The Morgan fingerprint density at radius 1 is 1.25 bits per heavy atom. The van der Waals surface area contributed by atoms with Crippen LogP contribution in [0.4, 0.5) is 4.39 Å². The van der Waals surface area contributed by atoms with Crippen LogP contribution in [0.15, 0.2) is 30.3 Å². The lowest BCUT2D eigenvalue weighted by atomic mass is 10.1. The Labute approximate surface area is 76.7 Å². The summed E-state index contributed by atoms with van der Waals surface area (Å²) in [6, 6.07) is 7.71. The first-order valence-electron chi connectivity index (χ1n) is 3.74. The smallest absolute Gasteiger partial charge is 0.108 e. The molecule has 0 amide bonds. The Hall–Kier alpha value is -0.820. The molecule has 1 aromatic rings. The van der Waals surface area contributed by atoms with Crippen molar-refractivity contribution in [2.45, 2.75) is 5.88 Å². The highest BCUT2D eigenvalue weighted by Gasteiger charge is 1.88. The summed E-state index contributed by atoms with van der Waals surface area (Å²) in [5.74, 6) is 0.521. The number of alkyl halides is 2. The number of halogens is 2. The molecular formula is C10H10ClF. The second-order valence-corrected chi connectivity index (χ2v) is 2.70. The summed E-state index contributed by atoms with van der Waals surface area (Å²) in [5, 5.41) is 0. The first kappa shape index (κ1) is 9.27. The van der Waals surface area contributed by atoms with E-state index in [1.54, 1.807) is 6.08 Å². The molecule has 0 spiro atoms. The van der Waals surface area contributed by atoms with Gasteiger partial charge in [0.05, 0.1) is 0 Å². The summed E-state index contributed by atoms with van der Waals surface area (Å²) in [5.41, 5.74) is 2.08. The van der Waals surface area contributed by atoms with Crippen LogP contribution in [0.25, 0.3) is 6.08 Å². The molecule has 0 unspecified atom stereocenters. The van der Waals surface area contributed by atoms with Crippen LogP contribution in [0, 0.1) is 0 Å². The molecule has 0 aromatic heterocycles. The van der Waals surface area contributed by atoms with Gasteiger partial charge in [0.2, 0.25) is 0 Å². The molecule has 12 heavy (non-hydrogen) atoms. The molecule has 0 atom stereocenters. The Balaban J connectivity index is 2.71. The lowest BCUT2D eigenvalue weighted by Gasteiger charge is -1.95. The quantitative estimate of drug-likeness (QED) is 0.632. The molecule has 0 N–H and O–H groups in total. The van der Waals surface area contributed by atoms with E-state index in [0.29, 0.717) is 5.88 Å². The van der Waals surface area contributed by atoms with Gasteiger partial charge in [0.25, 0.3) is 0 Å². The van der Waals surface area contributed by atoms with Gasteiger partial charge in [-0.2, -0.15) is 0 Å². The Morgan fingerprint density at radius 3 is 2.42 bits per heavy atom. The van der Waals surface area contributed by atoms with Gasteiger partial charge in [0.15, 0.2) is 0 Å². The zero-order chi connectivity index (χ0) is 8.81. The second-order valence-electron chi connectivity index (χ2n) is 2.43. The van der Waals surface area contributed by atoms with E-state index in [1.807, 2.05) is 24.3 Å². The molecule has 0 nitrogen and oxygen atoms in total.